The number of benzene rings is 1. The molecule has 0 aliphatic carbocycles. The SMILES string of the molecule is CCn1ncc(NC(=O)c2cc(=O)oc3cc(OC)ccc23)c1C. The maximum absolute atomic E-state index is 12.6. The van der Waals surface area contributed by atoms with E-state index in [4.69, 9.17) is 9.15 Å². The minimum Gasteiger partial charge on any atom is -0.497 e. The highest BCUT2D eigenvalue weighted by Gasteiger charge is 2.16. The molecule has 3 rings (SSSR count). The Morgan fingerprint density at radius 1 is 1.38 bits per heavy atom. The Morgan fingerprint density at radius 3 is 2.83 bits per heavy atom. The first kappa shape index (κ1) is 15.8. The lowest BCUT2D eigenvalue weighted by atomic mass is 10.1. The lowest BCUT2D eigenvalue weighted by Gasteiger charge is -2.08. The zero-order chi connectivity index (χ0) is 17.3. The minimum atomic E-state index is -0.595. The van der Waals surface area contributed by atoms with E-state index in [1.54, 1.807) is 29.1 Å². The second-order valence-corrected chi connectivity index (χ2v) is 5.25. The van der Waals surface area contributed by atoms with Crippen molar-refractivity contribution in [2.24, 2.45) is 0 Å². The van der Waals surface area contributed by atoms with Crippen molar-refractivity contribution >= 4 is 22.6 Å². The number of anilines is 1. The second kappa shape index (κ2) is 6.19. The summed E-state index contributed by atoms with van der Waals surface area (Å²) in [7, 11) is 1.52. The number of hydrogen-bond donors (Lipinski definition) is 1. The number of aryl methyl sites for hydroxylation is 1. The number of carbonyl (C=O) groups excluding carboxylic acids is 1. The van der Waals surface area contributed by atoms with E-state index in [1.807, 2.05) is 13.8 Å². The van der Waals surface area contributed by atoms with Gasteiger partial charge in [0, 0.05) is 24.1 Å². The van der Waals surface area contributed by atoms with Crippen molar-refractivity contribution in [2.45, 2.75) is 20.4 Å². The number of rotatable bonds is 4. The van der Waals surface area contributed by atoms with E-state index in [0.717, 1.165) is 5.69 Å². The van der Waals surface area contributed by atoms with Crippen LogP contribution in [0.25, 0.3) is 11.0 Å². The minimum absolute atomic E-state index is 0.243. The summed E-state index contributed by atoms with van der Waals surface area (Å²) in [6, 6.07) is 6.16. The molecular formula is C17H17N3O4. The summed E-state index contributed by atoms with van der Waals surface area (Å²) >= 11 is 0. The number of hydrogen-bond acceptors (Lipinski definition) is 5. The van der Waals surface area contributed by atoms with Crippen LogP contribution in [0.1, 0.15) is 23.0 Å². The van der Waals surface area contributed by atoms with Gasteiger partial charge in [0.2, 0.25) is 0 Å². The highest BCUT2D eigenvalue weighted by Crippen LogP contribution is 2.23. The van der Waals surface area contributed by atoms with Crippen molar-refractivity contribution < 1.29 is 13.9 Å². The van der Waals surface area contributed by atoms with E-state index in [1.165, 1.54) is 13.2 Å². The van der Waals surface area contributed by atoms with Crippen LogP contribution < -0.4 is 15.7 Å². The van der Waals surface area contributed by atoms with Crippen molar-refractivity contribution in [1.82, 2.24) is 9.78 Å². The molecule has 0 unspecified atom stereocenters. The molecule has 3 aromatic rings. The monoisotopic (exact) mass is 327 g/mol. The molecule has 7 nitrogen and oxygen atoms in total. The van der Waals surface area contributed by atoms with Crippen LogP contribution in [0.5, 0.6) is 5.75 Å². The zero-order valence-electron chi connectivity index (χ0n) is 13.6. The lowest BCUT2D eigenvalue weighted by Crippen LogP contribution is -2.15. The van der Waals surface area contributed by atoms with Crippen LogP contribution in [-0.4, -0.2) is 22.8 Å². The molecule has 1 amide bonds. The molecule has 7 heteroatoms. The van der Waals surface area contributed by atoms with Gasteiger partial charge in [0.05, 0.1) is 30.3 Å². The summed E-state index contributed by atoms with van der Waals surface area (Å²) in [6.07, 6.45) is 1.59. The van der Waals surface area contributed by atoms with Crippen LogP contribution in [0.3, 0.4) is 0 Å². The maximum Gasteiger partial charge on any atom is 0.337 e. The Labute approximate surface area is 137 Å². The molecule has 0 saturated heterocycles. The molecule has 0 radical (unpaired) electrons. The van der Waals surface area contributed by atoms with Gasteiger partial charge < -0.3 is 14.5 Å². The van der Waals surface area contributed by atoms with Crippen molar-refractivity contribution in [3.05, 3.63) is 52.1 Å². The molecule has 0 aliphatic heterocycles. The van der Waals surface area contributed by atoms with E-state index in [2.05, 4.69) is 10.4 Å². The summed E-state index contributed by atoms with van der Waals surface area (Å²) in [5.41, 5.74) is 1.40. The lowest BCUT2D eigenvalue weighted by molar-refractivity contribution is 0.102. The van der Waals surface area contributed by atoms with Crippen molar-refractivity contribution in [3.63, 3.8) is 0 Å². The largest absolute Gasteiger partial charge is 0.497 e. The molecule has 1 aromatic carbocycles. The van der Waals surface area contributed by atoms with Gasteiger partial charge in [-0.2, -0.15) is 5.10 Å². The van der Waals surface area contributed by atoms with Gasteiger partial charge in [0.1, 0.15) is 11.3 Å². The van der Waals surface area contributed by atoms with Crippen LogP contribution in [0.2, 0.25) is 0 Å². The Balaban J connectivity index is 2.03. The first-order valence-electron chi connectivity index (χ1n) is 7.49. The summed E-state index contributed by atoms with van der Waals surface area (Å²) in [4.78, 5) is 24.4. The molecule has 124 valence electrons. The number of methoxy groups -OCH3 is 1. The van der Waals surface area contributed by atoms with E-state index < -0.39 is 11.5 Å². The third-order valence-electron chi connectivity index (χ3n) is 3.85. The van der Waals surface area contributed by atoms with E-state index in [0.29, 0.717) is 29.0 Å². The number of amides is 1. The van der Waals surface area contributed by atoms with Gasteiger partial charge in [-0.15, -0.1) is 0 Å². The Kier molecular flexibility index (Phi) is 4.07. The average Bonchev–Trinajstić information content (AvgIpc) is 2.93. The quantitative estimate of drug-likeness (QED) is 0.744. The molecule has 0 bridgehead atoms. The summed E-state index contributed by atoms with van der Waals surface area (Å²) in [5.74, 6) is 0.153. The normalized spacial score (nSPS) is 10.8. The summed E-state index contributed by atoms with van der Waals surface area (Å²) in [6.45, 7) is 4.54. The van der Waals surface area contributed by atoms with Crippen molar-refractivity contribution in [1.29, 1.82) is 0 Å². The van der Waals surface area contributed by atoms with Crippen LogP contribution >= 0.6 is 0 Å². The van der Waals surface area contributed by atoms with Gasteiger partial charge in [-0.05, 0) is 26.0 Å². The smallest absolute Gasteiger partial charge is 0.337 e. The molecule has 0 saturated carbocycles. The van der Waals surface area contributed by atoms with Crippen LogP contribution in [-0.2, 0) is 6.54 Å². The predicted octanol–water partition coefficient (Wildman–Crippen LogP) is 2.58. The Morgan fingerprint density at radius 2 is 2.17 bits per heavy atom. The van der Waals surface area contributed by atoms with Gasteiger partial charge >= 0.3 is 5.63 Å². The van der Waals surface area contributed by atoms with E-state index >= 15 is 0 Å². The topological polar surface area (TPSA) is 86.4 Å². The van der Waals surface area contributed by atoms with Gasteiger partial charge in [0.15, 0.2) is 0 Å². The fraction of sp³-hybridized carbons (Fsp3) is 0.235. The fourth-order valence-corrected chi connectivity index (χ4v) is 2.54. The van der Waals surface area contributed by atoms with Crippen molar-refractivity contribution in [2.75, 3.05) is 12.4 Å². The summed E-state index contributed by atoms with van der Waals surface area (Å²) in [5, 5.41) is 7.52. The highest BCUT2D eigenvalue weighted by molar-refractivity contribution is 6.12. The third kappa shape index (κ3) is 2.76. The van der Waals surface area contributed by atoms with Gasteiger partial charge in [-0.1, -0.05) is 0 Å². The van der Waals surface area contributed by atoms with Crippen LogP contribution in [0, 0.1) is 6.92 Å². The van der Waals surface area contributed by atoms with E-state index in [-0.39, 0.29) is 5.56 Å². The number of aromatic nitrogens is 2. The predicted molar refractivity (Wildman–Crippen MR) is 89.6 cm³/mol. The molecule has 2 heterocycles. The maximum atomic E-state index is 12.6. The first-order chi connectivity index (χ1) is 11.5. The molecular weight excluding hydrogens is 310 g/mol. The van der Waals surface area contributed by atoms with Crippen LogP contribution in [0.15, 0.2) is 39.7 Å². The molecule has 1 N–H and O–H groups in total. The number of nitrogens with one attached hydrogen (secondary N) is 1. The molecule has 2 aromatic heterocycles. The number of carbonyl (C=O) groups is 1. The molecule has 0 fully saturated rings. The third-order valence-corrected chi connectivity index (χ3v) is 3.85. The molecule has 0 aliphatic rings. The highest BCUT2D eigenvalue weighted by atomic mass is 16.5. The van der Waals surface area contributed by atoms with Gasteiger partial charge in [-0.3, -0.25) is 9.48 Å². The standard InChI is InChI=1S/C17H17N3O4/c1-4-20-10(2)14(9-18-20)19-17(22)13-8-16(21)24-15-7-11(23-3)5-6-12(13)15/h5-9H,4H2,1-3H3,(H,19,22). The average molecular weight is 327 g/mol. The van der Waals surface area contributed by atoms with Crippen LogP contribution in [0.4, 0.5) is 5.69 Å². The van der Waals surface area contributed by atoms with Crippen molar-refractivity contribution in [3.8, 4) is 5.75 Å². The Bertz CT molecular complexity index is 972. The number of fused-ring (bicyclic) bond motifs is 1. The first-order valence-corrected chi connectivity index (χ1v) is 7.49. The molecule has 0 spiro atoms. The Hall–Kier alpha value is -3.09. The summed E-state index contributed by atoms with van der Waals surface area (Å²) < 4.78 is 12.0. The molecule has 24 heavy (non-hydrogen) atoms. The second-order valence-electron chi connectivity index (χ2n) is 5.25. The zero-order valence-corrected chi connectivity index (χ0v) is 13.6. The van der Waals surface area contributed by atoms with Gasteiger partial charge in [-0.25, -0.2) is 4.79 Å². The fourth-order valence-electron chi connectivity index (χ4n) is 2.54. The van der Waals surface area contributed by atoms with Gasteiger partial charge in [0.25, 0.3) is 5.91 Å². The number of ether oxygens (including phenoxy) is 1. The molecule has 0 atom stereocenters. The number of nitrogens with zero attached hydrogens (tertiary/aromatic N) is 2. The van der Waals surface area contributed by atoms with E-state index in [9.17, 15) is 9.59 Å².